The number of rotatable bonds is 5. The fourth-order valence-corrected chi connectivity index (χ4v) is 3.77. The van der Waals surface area contributed by atoms with Crippen molar-refractivity contribution in [1.29, 1.82) is 0 Å². The van der Waals surface area contributed by atoms with Crippen molar-refractivity contribution in [2.45, 2.75) is 20.4 Å². The van der Waals surface area contributed by atoms with Gasteiger partial charge in [-0.1, -0.05) is 66.7 Å². The number of nitrogens with zero attached hydrogens (tertiary/aromatic N) is 2. The van der Waals surface area contributed by atoms with Gasteiger partial charge in [0.2, 0.25) is 0 Å². The lowest BCUT2D eigenvalue weighted by molar-refractivity contribution is -0.120. The van der Waals surface area contributed by atoms with Gasteiger partial charge in [-0.2, -0.15) is 0 Å². The van der Waals surface area contributed by atoms with Gasteiger partial charge in [0.25, 0.3) is 11.8 Å². The third kappa shape index (κ3) is 3.52. The van der Waals surface area contributed by atoms with E-state index < -0.39 is 0 Å². The van der Waals surface area contributed by atoms with Gasteiger partial charge in [-0.15, -0.1) is 0 Å². The maximum atomic E-state index is 13.5. The van der Waals surface area contributed by atoms with E-state index in [0.29, 0.717) is 23.5 Å². The Labute approximate surface area is 177 Å². The molecular formula is C26H24N2O2. The SMILES string of the molecule is Cc1ccc(N2C(=O)C(c3ccccc3)=C(N(C)Cc3ccccc3)C2=O)cc1C. The van der Waals surface area contributed by atoms with Gasteiger partial charge < -0.3 is 4.90 Å². The number of anilines is 1. The summed E-state index contributed by atoms with van der Waals surface area (Å²) < 4.78 is 0. The van der Waals surface area contributed by atoms with E-state index in [4.69, 9.17) is 0 Å². The lowest BCUT2D eigenvalue weighted by Gasteiger charge is -2.22. The van der Waals surface area contributed by atoms with Crippen LogP contribution in [-0.4, -0.2) is 23.8 Å². The molecule has 0 unspecified atom stereocenters. The zero-order chi connectivity index (χ0) is 21.3. The van der Waals surface area contributed by atoms with Gasteiger partial charge in [-0.3, -0.25) is 9.59 Å². The van der Waals surface area contributed by atoms with Crippen LogP contribution in [0.15, 0.2) is 84.6 Å². The number of aryl methyl sites for hydroxylation is 2. The molecule has 2 amide bonds. The van der Waals surface area contributed by atoms with Crippen LogP contribution in [0.1, 0.15) is 22.3 Å². The molecule has 0 aromatic heterocycles. The Morgan fingerprint density at radius 3 is 2.03 bits per heavy atom. The molecule has 30 heavy (non-hydrogen) atoms. The molecule has 0 saturated heterocycles. The number of benzene rings is 3. The number of amides is 2. The predicted octanol–water partition coefficient (Wildman–Crippen LogP) is 4.72. The number of carbonyl (C=O) groups is 2. The number of likely N-dealkylation sites (N-methyl/N-ethyl adjacent to an activating group) is 1. The van der Waals surface area contributed by atoms with Gasteiger partial charge in [0.05, 0.1) is 11.3 Å². The Morgan fingerprint density at radius 2 is 1.40 bits per heavy atom. The molecule has 4 rings (SSSR count). The standard InChI is InChI=1S/C26H24N2O2/c1-18-14-15-22(16-19(18)2)28-25(29)23(21-12-8-5-9-13-21)24(26(28)30)27(3)17-20-10-6-4-7-11-20/h4-16H,17H2,1-3H3. The molecular weight excluding hydrogens is 372 g/mol. The topological polar surface area (TPSA) is 40.6 Å². The van der Waals surface area contributed by atoms with E-state index in [9.17, 15) is 9.59 Å². The predicted molar refractivity (Wildman–Crippen MR) is 120 cm³/mol. The minimum absolute atomic E-state index is 0.288. The maximum absolute atomic E-state index is 13.5. The molecule has 3 aromatic carbocycles. The Hall–Kier alpha value is -3.66. The van der Waals surface area contributed by atoms with Gasteiger partial charge in [-0.25, -0.2) is 4.90 Å². The minimum atomic E-state index is -0.291. The molecule has 0 spiro atoms. The Morgan fingerprint density at radius 1 is 0.767 bits per heavy atom. The largest absolute Gasteiger partial charge is 0.365 e. The van der Waals surface area contributed by atoms with Crippen molar-refractivity contribution < 1.29 is 9.59 Å². The minimum Gasteiger partial charge on any atom is -0.365 e. The summed E-state index contributed by atoms with van der Waals surface area (Å²) in [7, 11) is 1.86. The van der Waals surface area contributed by atoms with E-state index >= 15 is 0 Å². The zero-order valence-corrected chi connectivity index (χ0v) is 17.4. The summed E-state index contributed by atoms with van der Waals surface area (Å²) in [4.78, 5) is 30.2. The fourth-order valence-electron chi connectivity index (χ4n) is 3.77. The molecule has 150 valence electrons. The third-order valence-electron chi connectivity index (χ3n) is 5.51. The number of carbonyl (C=O) groups excluding carboxylic acids is 2. The average Bonchev–Trinajstić information content (AvgIpc) is 3.02. The van der Waals surface area contributed by atoms with Crippen molar-refractivity contribution in [3.63, 3.8) is 0 Å². The molecule has 0 radical (unpaired) electrons. The number of hydrogen-bond donors (Lipinski definition) is 0. The molecule has 1 aliphatic rings. The van der Waals surface area contributed by atoms with Crippen LogP contribution in [0.2, 0.25) is 0 Å². The Balaban J connectivity index is 1.79. The first-order valence-corrected chi connectivity index (χ1v) is 9.98. The Kier molecular flexibility index (Phi) is 5.23. The highest BCUT2D eigenvalue weighted by Gasteiger charge is 2.41. The fraction of sp³-hybridized carbons (Fsp3) is 0.154. The summed E-state index contributed by atoms with van der Waals surface area (Å²) in [5.41, 5.74) is 5.45. The highest BCUT2D eigenvalue weighted by molar-refractivity contribution is 6.45. The summed E-state index contributed by atoms with van der Waals surface area (Å²) in [6, 6.07) is 25.0. The molecule has 4 nitrogen and oxygen atoms in total. The van der Waals surface area contributed by atoms with Crippen LogP contribution in [0.4, 0.5) is 5.69 Å². The lowest BCUT2D eigenvalue weighted by Crippen LogP contribution is -2.34. The van der Waals surface area contributed by atoms with Crippen LogP contribution < -0.4 is 4.90 Å². The summed E-state index contributed by atoms with van der Waals surface area (Å²) >= 11 is 0. The van der Waals surface area contributed by atoms with Crippen LogP contribution in [0, 0.1) is 13.8 Å². The first-order valence-electron chi connectivity index (χ1n) is 9.98. The summed E-state index contributed by atoms with van der Waals surface area (Å²) in [5.74, 6) is -0.579. The van der Waals surface area contributed by atoms with Crippen LogP contribution in [0.3, 0.4) is 0 Å². The number of hydrogen-bond acceptors (Lipinski definition) is 3. The molecule has 0 saturated carbocycles. The molecule has 3 aromatic rings. The highest BCUT2D eigenvalue weighted by atomic mass is 16.2. The molecule has 0 bridgehead atoms. The second-order valence-electron chi connectivity index (χ2n) is 7.65. The molecule has 0 atom stereocenters. The first kappa shape index (κ1) is 19.6. The Bertz CT molecular complexity index is 1130. The third-order valence-corrected chi connectivity index (χ3v) is 5.51. The average molecular weight is 396 g/mol. The van der Waals surface area contributed by atoms with Crippen LogP contribution in [0.25, 0.3) is 5.57 Å². The zero-order valence-electron chi connectivity index (χ0n) is 17.4. The smallest absolute Gasteiger partial charge is 0.282 e. The summed E-state index contributed by atoms with van der Waals surface area (Å²) in [6.45, 7) is 4.53. The van der Waals surface area contributed by atoms with Crippen molar-refractivity contribution >= 4 is 23.1 Å². The molecule has 0 fully saturated rings. The van der Waals surface area contributed by atoms with Crippen molar-refractivity contribution in [3.05, 3.63) is 107 Å². The van der Waals surface area contributed by atoms with E-state index in [1.807, 2.05) is 105 Å². The monoisotopic (exact) mass is 396 g/mol. The van der Waals surface area contributed by atoms with E-state index in [2.05, 4.69) is 0 Å². The molecule has 0 N–H and O–H groups in total. The molecule has 1 aliphatic heterocycles. The van der Waals surface area contributed by atoms with Crippen molar-refractivity contribution in [1.82, 2.24) is 4.90 Å². The lowest BCUT2D eigenvalue weighted by atomic mass is 10.0. The van der Waals surface area contributed by atoms with Gasteiger partial charge >= 0.3 is 0 Å². The van der Waals surface area contributed by atoms with E-state index in [0.717, 1.165) is 22.3 Å². The van der Waals surface area contributed by atoms with E-state index in [1.54, 1.807) is 0 Å². The van der Waals surface area contributed by atoms with E-state index in [-0.39, 0.29) is 11.8 Å². The highest BCUT2D eigenvalue weighted by Crippen LogP contribution is 2.35. The van der Waals surface area contributed by atoms with Gasteiger partial charge in [-0.05, 0) is 48.2 Å². The molecule has 4 heteroatoms. The van der Waals surface area contributed by atoms with Gasteiger partial charge in [0.1, 0.15) is 5.70 Å². The van der Waals surface area contributed by atoms with Crippen molar-refractivity contribution in [2.24, 2.45) is 0 Å². The van der Waals surface area contributed by atoms with Gasteiger partial charge in [0, 0.05) is 13.6 Å². The van der Waals surface area contributed by atoms with Crippen molar-refractivity contribution in [3.8, 4) is 0 Å². The summed E-state index contributed by atoms with van der Waals surface area (Å²) in [6.07, 6.45) is 0. The normalized spacial score (nSPS) is 13.9. The van der Waals surface area contributed by atoms with Crippen LogP contribution in [-0.2, 0) is 16.1 Å². The van der Waals surface area contributed by atoms with Crippen molar-refractivity contribution in [2.75, 3.05) is 11.9 Å². The van der Waals surface area contributed by atoms with Gasteiger partial charge in [0.15, 0.2) is 0 Å². The number of imide groups is 1. The maximum Gasteiger partial charge on any atom is 0.282 e. The van der Waals surface area contributed by atoms with E-state index in [1.165, 1.54) is 4.90 Å². The van der Waals surface area contributed by atoms with Crippen LogP contribution >= 0.6 is 0 Å². The quantitative estimate of drug-likeness (QED) is 0.586. The van der Waals surface area contributed by atoms with Crippen LogP contribution in [0.5, 0.6) is 0 Å². The second kappa shape index (κ2) is 7.99. The first-order chi connectivity index (χ1) is 14.5. The molecule has 1 heterocycles. The molecule has 0 aliphatic carbocycles. The summed E-state index contributed by atoms with van der Waals surface area (Å²) in [5, 5.41) is 0. The second-order valence-corrected chi connectivity index (χ2v) is 7.65.